The molecule has 3 heterocycles. The molecule has 178 valence electrons. The Hall–Kier alpha value is -3.23. The van der Waals surface area contributed by atoms with E-state index in [4.69, 9.17) is 20.2 Å². The summed E-state index contributed by atoms with van der Waals surface area (Å²) in [7, 11) is 1.61. The third-order valence-electron chi connectivity index (χ3n) is 6.32. The summed E-state index contributed by atoms with van der Waals surface area (Å²) >= 11 is 0. The van der Waals surface area contributed by atoms with Crippen LogP contribution in [0.2, 0.25) is 0 Å². The van der Waals surface area contributed by atoms with Crippen LogP contribution in [0.3, 0.4) is 0 Å². The van der Waals surface area contributed by atoms with E-state index >= 15 is 0 Å². The SMILES string of the molecule is COc1ccc(-c2nc3n(c2C(N)=O)NCCC3C2CCN(C(=O)OC(C)(C)C)CC2)cc1. The summed E-state index contributed by atoms with van der Waals surface area (Å²) in [4.78, 5) is 31.5. The lowest BCUT2D eigenvalue weighted by Gasteiger charge is -2.38. The standard InChI is InChI=1S/C24H33N5O4/c1-24(2,3)33-23(31)28-13-10-15(11-14-28)18-9-12-26-29-20(21(25)30)19(27-22(18)29)16-5-7-17(32-4)8-6-16/h5-8,15,18,26H,9-14H2,1-4H3,(H2,25,30). The number of nitrogens with one attached hydrogen (secondary N) is 1. The van der Waals surface area contributed by atoms with Crippen molar-refractivity contribution in [2.45, 2.75) is 51.6 Å². The second-order valence-electron chi connectivity index (χ2n) is 9.70. The van der Waals surface area contributed by atoms with Crippen LogP contribution < -0.4 is 15.9 Å². The van der Waals surface area contributed by atoms with Gasteiger partial charge in [-0.15, -0.1) is 0 Å². The molecule has 4 rings (SSSR count). The molecule has 2 aromatic rings. The number of piperidine rings is 1. The average Bonchev–Trinajstić information content (AvgIpc) is 3.18. The molecule has 9 nitrogen and oxygen atoms in total. The highest BCUT2D eigenvalue weighted by atomic mass is 16.6. The number of hydrogen-bond donors (Lipinski definition) is 2. The van der Waals surface area contributed by atoms with Crippen LogP contribution in [0.5, 0.6) is 5.75 Å². The summed E-state index contributed by atoms with van der Waals surface area (Å²) in [5.41, 5.74) is 10.3. The Kier molecular flexibility index (Phi) is 6.23. The minimum absolute atomic E-state index is 0.178. The van der Waals surface area contributed by atoms with Gasteiger partial charge in [0.1, 0.15) is 22.9 Å². The molecule has 3 N–H and O–H groups in total. The van der Waals surface area contributed by atoms with Crippen molar-refractivity contribution >= 4 is 12.0 Å². The minimum atomic E-state index is -0.521. The maximum Gasteiger partial charge on any atom is 0.410 e. The number of ether oxygens (including phenoxy) is 2. The van der Waals surface area contributed by atoms with Gasteiger partial charge in [-0.3, -0.25) is 4.79 Å². The van der Waals surface area contributed by atoms with Gasteiger partial charge in [0.05, 0.1) is 7.11 Å². The molecule has 1 unspecified atom stereocenters. The summed E-state index contributed by atoms with van der Waals surface area (Å²) in [5.74, 6) is 1.58. The van der Waals surface area contributed by atoms with E-state index in [-0.39, 0.29) is 12.0 Å². The van der Waals surface area contributed by atoms with Crippen molar-refractivity contribution in [1.29, 1.82) is 0 Å². The van der Waals surface area contributed by atoms with Gasteiger partial charge < -0.3 is 25.5 Å². The maximum absolute atomic E-state index is 12.4. The first-order valence-corrected chi connectivity index (χ1v) is 11.5. The molecule has 1 aromatic heterocycles. The van der Waals surface area contributed by atoms with E-state index in [1.54, 1.807) is 16.7 Å². The summed E-state index contributed by atoms with van der Waals surface area (Å²) < 4.78 is 12.5. The predicted octanol–water partition coefficient (Wildman–Crippen LogP) is 3.34. The molecule has 2 aliphatic heterocycles. The predicted molar refractivity (Wildman–Crippen MR) is 125 cm³/mol. The molecule has 1 fully saturated rings. The highest BCUT2D eigenvalue weighted by Crippen LogP contribution is 2.39. The van der Waals surface area contributed by atoms with Crippen molar-refractivity contribution in [2.75, 3.05) is 32.2 Å². The Morgan fingerprint density at radius 1 is 1.12 bits per heavy atom. The molecule has 0 aliphatic carbocycles. The molecule has 1 saturated heterocycles. The van der Waals surface area contributed by atoms with Crippen LogP contribution in [0, 0.1) is 5.92 Å². The number of methoxy groups -OCH3 is 1. The van der Waals surface area contributed by atoms with Gasteiger partial charge in [-0.1, -0.05) is 0 Å². The fourth-order valence-electron chi connectivity index (χ4n) is 4.74. The van der Waals surface area contributed by atoms with E-state index in [0.29, 0.717) is 30.4 Å². The molecular formula is C24H33N5O4. The number of fused-ring (bicyclic) bond motifs is 1. The molecule has 2 aliphatic rings. The van der Waals surface area contributed by atoms with Gasteiger partial charge in [-0.2, -0.15) is 0 Å². The molecule has 0 bridgehead atoms. The molecule has 0 radical (unpaired) electrons. The Bertz CT molecular complexity index is 1020. The van der Waals surface area contributed by atoms with Crippen LogP contribution in [-0.2, 0) is 4.74 Å². The third kappa shape index (κ3) is 4.77. The topological polar surface area (TPSA) is 112 Å². The zero-order valence-corrected chi connectivity index (χ0v) is 19.8. The Morgan fingerprint density at radius 2 is 1.79 bits per heavy atom. The maximum atomic E-state index is 12.4. The quantitative estimate of drug-likeness (QED) is 0.731. The molecule has 2 amide bonds. The number of hydrogen-bond acceptors (Lipinski definition) is 6. The van der Waals surface area contributed by atoms with Crippen molar-refractivity contribution in [3.8, 4) is 17.0 Å². The molecule has 0 saturated carbocycles. The van der Waals surface area contributed by atoms with Gasteiger partial charge in [0.15, 0.2) is 5.69 Å². The van der Waals surface area contributed by atoms with E-state index in [9.17, 15) is 9.59 Å². The van der Waals surface area contributed by atoms with Crippen molar-refractivity contribution in [1.82, 2.24) is 14.6 Å². The van der Waals surface area contributed by atoms with E-state index in [1.165, 1.54) is 0 Å². The second kappa shape index (κ2) is 8.96. The van der Waals surface area contributed by atoms with Crippen LogP contribution in [-0.4, -0.2) is 58.9 Å². The zero-order chi connectivity index (χ0) is 23.8. The molecule has 0 spiro atoms. The normalized spacial score (nSPS) is 18.9. The third-order valence-corrected chi connectivity index (χ3v) is 6.32. The average molecular weight is 456 g/mol. The number of carbonyl (C=O) groups excluding carboxylic acids is 2. The lowest BCUT2D eigenvalue weighted by molar-refractivity contribution is 0.0170. The van der Waals surface area contributed by atoms with Crippen LogP contribution in [0.25, 0.3) is 11.3 Å². The Morgan fingerprint density at radius 3 is 2.36 bits per heavy atom. The molecular weight excluding hydrogens is 422 g/mol. The summed E-state index contributed by atoms with van der Waals surface area (Å²) in [6.45, 7) is 7.66. The summed E-state index contributed by atoms with van der Waals surface area (Å²) in [5, 5.41) is 0. The lowest BCUT2D eigenvalue weighted by atomic mass is 9.81. The van der Waals surface area contributed by atoms with Crippen molar-refractivity contribution in [3.05, 3.63) is 35.8 Å². The second-order valence-corrected chi connectivity index (χ2v) is 9.70. The number of aromatic nitrogens is 2. The van der Waals surface area contributed by atoms with Crippen LogP contribution in [0.4, 0.5) is 4.79 Å². The van der Waals surface area contributed by atoms with Crippen molar-refractivity contribution in [3.63, 3.8) is 0 Å². The number of benzene rings is 1. The van der Waals surface area contributed by atoms with Crippen LogP contribution in [0.1, 0.15) is 62.3 Å². The smallest absolute Gasteiger partial charge is 0.410 e. The van der Waals surface area contributed by atoms with Gasteiger partial charge in [0.2, 0.25) is 0 Å². The highest BCUT2D eigenvalue weighted by molar-refractivity contribution is 5.97. The van der Waals surface area contributed by atoms with E-state index in [1.807, 2.05) is 45.0 Å². The van der Waals surface area contributed by atoms with Gasteiger partial charge in [0, 0.05) is 31.1 Å². The van der Waals surface area contributed by atoms with Gasteiger partial charge in [-0.25, -0.2) is 14.5 Å². The monoisotopic (exact) mass is 455 g/mol. The summed E-state index contributed by atoms with van der Waals surface area (Å²) in [6.07, 6.45) is 2.38. The van der Waals surface area contributed by atoms with Crippen molar-refractivity contribution in [2.24, 2.45) is 11.7 Å². The fourth-order valence-corrected chi connectivity index (χ4v) is 4.74. The molecule has 1 atom stereocenters. The number of carbonyl (C=O) groups is 2. The molecule has 33 heavy (non-hydrogen) atoms. The number of primary amides is 1. The largest absolute Gasteiger partial charge is 0.497 e. The summed E-state index contributed by atoms with van der Waals surface area (Å²) in [6, 6.07) is 7.45. The number of rotatable bonds is 4. The van der Waals surface area contributed by atoms with Crippen LogP contribution in [0.15, 0.2) is 24.3 Å². The fraction of sp³-hybridized carbons (Fsp3) is 0.542. The van der Waals surface area contributed by atoms with Gasteiger partial charge >= 0.3 is 6.09 Å². The number of nitrogens with zero attached hydrogens (tertiary/aromatic N) is 3. The number of amides is 2. The highest BCUT2D eigenvalue weighted by Gasteiger charge is 2.37. The van der Waals surface area contributed by atoms with E-state index in [2.05, 4.69) is 5.43 Å². The van der Waals surface area contributed by atoms with E-state index < -0.39 is 11.5 Å². The van der Waals surface area contributed by atoms with E-state index in [0.717, 1.165) is 42.9 Å². The van der Waals surface area contributed by atoms with Crippen LogP contribution >= 0.6 is 0 Å². The number of likely N-dealkylation sites (tertiary alicyclic amines) is 1. The zero-order valence-electron chi connectivity index (χ0n) is 19.8. The lowest BCUT2D eigenvalue weighted by Crippen LogP contribution is -2.43. The Balaban J connectivity index is 1.57. The number of nitrogens with two attached hydrogens (primary N) is 1. The first-order valence-electron chi connectivity index (χ1n) is 11.5. The Labute approximate surface area is 194 Å². The first kappa shape index (κ1) is 22.9. The number of imidazole rings is 1. The van der Waals surface area contributed by atoms with Gasteiger partial charge in [-0.05, 0) is 70.2 Å². The minimum Gasteiger partial charge on any atom is -0.497 e. The first-order chi connectivity index (χ1) is 15.7. The van der Waals surface area contributed by atoms with Gasteiger partial charge in [0.25, 0.3) is 5.91 Å². The molecule has 9 heteroatoms. The van der Waals surface area contributed by atoms with Crippen molar-refractivity contribution < 1.29 is 19.1 Å². The molecule has 1 aromatic carbocycles.